The Kier molecular flexibility index (Phi) is 6.36. The van der Waals surface area contributed by atoms with Gasteiger partial charge in [-0.25, -0.2) is 13.2 Å². The molecule has 142 valence electrons. The van der Waals surface area contributed by atoms with E-state index in [4.69, 9.17) is 0 Å². The van der Waals surface area contributed by atoms with E-state index in [1.807, 2.05) is 0 Å². The first-order valence-corrected chi connectivity index (χ1v) is 9.90. The Bertz CT molecular complexity index is 780. The number of hydrogen-bond donors (Lipinski definition) is 1. The highest BCUT2D eigenvalue weighted by molar-refractivity contribution is 7.92. The highest BCUT2D eigenvalue weighted by Gasteiger charge is 2.33. The number of likely N-dealkylation sites (tertiary alicyclic amines) is 1. The van der Waals surface area contributed by atoms with Crippen LogP contribution in [0.4, 0.5) is 0 Å². The van der Waals surface area contributed by atoms with Crippen molar-refractivity contribution in [3.05, 3.63) is 35.4 Å². The second kappa shape index (κ2) is 8.31. The van der Waals surface area contributed by atoms with E-state index >= 15 is 0 Å². The first-order chi connectivity index (χ1) is 12.3. The molecule has 0 spiro atoms. The van der Waals surface area contributed by atoms with Crippen molar-refractivity contribution < 1.29 is 27.5 Å². The number of sulfone groups is 1. The highest BCUT2D eigenvalue weighted by Crippen LogP contribution is 2.20. The molecule has 2 rings (SSSR count). The number of nitrogens with zero attached hydrogens (tertiary/aromatic N) is 1. The van der Waals surface area contributed by atoms with E-state index in [0.29, 0.717) is 37.1 Å². The van der Waals surface area contributed by atoms with E-state index in [9.17, 15) is 22.8 Å². The van der Waals surface area contributed by atoms with Crippen molar-refractivity contribution in [2.45, 2.75) is 18.1 Å². The fourth-order valence-electron chi connectivity index (χ4n) is 2.84. The van der Waals surface area contributed by atoms with Crippen molar-refractivity contribution in [3.63, 3.8) is 0 Å². The third-order valence-electron chi connectivity index (χ3n) is 4.40. The lowest BCUT2D eigenvalue weighted by molar-refractivity contribution is -0.118. The molecule has 1 N–H and O–H groups in total. The van der Waals surface area contributed by atoms with Crippen LogP contribution in [-0.2, 0) is 19.4 Å². The Balaban J connectivity index is 1.98. The summed E-state index contributed by atoms with van der Waals surface area (Å²) in [6.45, 7) is 0.602. The van der Waals surface area contributed by atoms with Crippen molar-refractivity contribution in [1.82, 2.24) is 10.2 Å². The van der Waals surface area contributed by atoms with Gasteiger partial charge in [0, 0.05) is 25.7 Å². The zero-order valence-corrected chi connectivity index (χ0v) is 15.5. The van der Waals surface area contributed by atoms with E-state index in [1.165, 1.54) is 26.3 Å². The molecule has 0 bridgehead atoms. The van der Waals surface area contributed by atoms with Gasteiger partial charge in [0.05, 0.1) is 17.9 Å². The van der Waals surface area contributed by atoms with Crippen molar-refractivity contribution in [3.8, 4) is 0 Å². The minimum Gasteiger partial charge on any atom is -0.465 e. The molecule has 1 fully saturated rings. The van der Waals surface area contributed by atoms with Crippen LogP contribution >= 0.6 is 0 Å². The molecule has 0 unspecified atom stereocenters. The number of carbonyl (C=O) groups excluding carboxylic acids is 3. The van der Waals surface area contributed by atoms with Crippen LogP contribution < -0.4 is 5.32 Å². The third-order valence-corrected chi connectivity index (χ3v) is 6.55. The minimum atomic E-state index is -3.53. The molecule has 0 atom stereocenters. The summed E-state index contributed by atoms with van der Waals surface area (Å²) in [6, 6.07) is 6.12. The van der Waals surface area contributed by atoms with Crippen LogP contribution in [0.3, 0.4) is 0 Å². The van der Waals surface area contributed by atoms with Gasteiger partial charge in [-0.05, 0) is 37.1 Å². The summed E-state index contributed by atoms with van der Waals surface area (Å²) in [5, 5.41) is 1.69. The Labute approximate surface area is 152 Å². The van der Waals surface area contributed by atoms with Crippen molar-refractivity contribution in [2.75, 3.05) is 33.0 Å². The van der Waals surface area contributed by atoms with Crippen LogP contribution in [0.15, 0.2) is 24.3 Å². The molecule has 0 aliphatic carbocycles. The summed E-state index contributed by atoms with van der Waals surface area (Å²) in [6.07, 6.45) is 0.594. The number of methoxy groups -OCH3 is 1. The molecular weight excluding hydrogens is 360 g/mol. The summed E-state index contributed by atoms with van der Waals surface area (Å²) in [4.78, 5) is 36.9. The molecule has 1 aliphatic heterocycles. The molecule has 26 heavy (non-hydrogen) atoms. The van der Waals surface area contributed by atoms with Gasteiger partial charge in [0.2, 0.25) is 5.91 Å². The average Bonchev–Trinajstić information content (AvgIpc) is 2.66. The van der Waals surface area contributed by atoms with E-state index in [-0.39, 0.29) is 5.91 Å². The molecule has 0 saturated carbocycles. The number of amides is 2. The van der Waals surface area contributed by atoms with Crippen LogP contribution in [0.1, 0.15) is 33.6 Å². The number of hydrogen-bond acceptors (Lipinski definition) is 6. The van der Waals surface area contributed by atoms with Crippen molar-refractivity contribution in [2.24, 2.45) is 0 Å². The molecule has 1 saturated heterocycles. The number of ether oxygens (including phenoxy) is 1. The topological polar surface area (TPSA) is 110 Å². The molecule has 1 heterocycles. The van der Waals surface area contributed by atoms with Crippen LogP contribution in [0.5, 0.6) is 0 Å². The first-order valence-electron chi connectivity index (χ1n) is 8.18. The maximum atomic E-state index is 12.5. The predicted molar refractivity (Wildman–Crippen MR) is 94.6 cm³/mol. The number of esters is 1. The van der Waals surface area contributed by atoms with Gasteiger partial charge in [-0.2, -0.15) is 0 Å². The van der Waals surface area contributed by atoms with Crippen molar-refractivity contribution in [1.29, 1.82) is 0 Å². The Hall–Kier alpha value is -2.42. The van der Waals surface area contributed by atoms with Crippen LogP contribution in [0.25, 0.3) is 0 Å². The molecule has 1 aliphatic rings. The van der Waals surface area contributed by atoms with E-state index in [1.54, 1.807) is 17.0 Å². The highest BCUT2D eigenvalue weighted by atomic mass is 32.2. The molecule has 0 aromatic heterocycles. The smallest absolute Gasteiger partial charge is 0.337 e. The molecule has 8 nitrogen and oxygen atoms in total. The maximum Gasteiger partial charge on any atom is 0.337 e. The lowest BCUT2D eigenvalue weighted by atomic mass is 10.1. The number of carbonyl (C=O) groups is 3. The zero-order valence-electron chi connectivity index (χ0n) is 14.7. The van der Waals surface area contributed by atoms with Gasteiger partial charge in [-0.1, -0.05) is 0 Å². The summed E-state index contributed by atoms with van der Waals surface area (Å²) in [5.74, 6) is -1.76. The van der Waals surface area contributed by atoms with Gasteiger partial charge in [-0.3, -0.25) is 9.59 Å². The van der Waals surface area contributed by atoms with Gasteiger partial charge in [0.15, 0.2) is 9.84 Å². The number of benzene rings is 1. The quantitative estimate of drug-likeness (QED) is 0.731. The zero-order chi connectivity index (χ0) is 19.3. The lowest BCUT2D eigenvalue weighted by Gasteiger charge is -2.31. The Morgan fingerprint density at radius 2 is 1.65 bits per heavy atom. The maximum absolute atomic E-state index is 12.5. The van der Waals surface area contributed by atoms with Gasteiger partial charge in [0.25, 0.3) is 5.91 Å². The van der Waals surface area contributed by atoms with Gasteiger partial charge < -0.3 is 15.0 Å². The summed E-state index contributed by atoms with van der Waals surface area (Å²) in [5.41, 5.74) is 0.771. The minimum absolute atomic E-state index is 0.219. The van der Waals surface area contributed by atoms with E-state index in [0.717, 1.165) is 0 Å². The Morgan fingerprint density at radius 3 is 2.15 bits per heavy atom. The standard InChI is InChI=1S/C17H22N2O6S/c1-18-15(20)11-26(23,24)14-7-9-19(10-8-14)16(21)12-3-5-13(6-4-12)17(22)25-2/h3-6,14H,7-11H2,1-2H3,(H,18,20). The number of rotatable bonds is 5. The summed E-state index contributed by atoms with van der Waals surface area (Å²) in [7, 11) is -0.853. The second-order valence-electron chi connectivity index (χ2n) is 6.04. The molecule has 1 aromatic rings. The SMILES string of the molecule is CNC(=O)CS(=O)(=O)C1CCN(C(=O)c2ccc(C(=O)OC)cc2)CC1. The van der Waals surface area contributed by atoms with E-state index in [2.05, 4.69) is 10.1 Å². The molecule has 9 heteroatoms. The van der Waals surface area contributed by atoms with Gasteiger partial charge >= 0.3 is 5.97 Å². The second-order valence-corrected chi connectivity index (χ2v) is 8.32. The summed E-state index contributed by atoms with van der Waals surface area (Å²) >= 11 is 0. The largest absolute Gasteiger partial charge is 0.465 e. The molecule has 1 aromatic carbocycles. The Morgan fingerprint density at radius 1 is 1.12 bits per heavy atom. The lowest BCUT2D eigenvalue weighted by Crippen LogP contribution is -2.44. The van der Waals surface area contributed by atoms with Crippen LogP contribution in [0.2, 0.25) is 0 Å². The molecule has 0 radical (unpaired) electrons. The molecule has 2 amide bonds. The fourth-order valence-corrected chi connectivity index (χ4v) is 4.51. The van der Waals surface area contributed by atoms with E-state index < -0.39 is 32.7 Å². The number of nitrogens with one attached hydrogen (secondary N) is 1. The average molecular weight is 382 g/mol. The van der Waals surface area contributed by atoms with Crippen molar-refractivity contribution >= 4 is 27.6 Å². The fraction of sp³-hybridized carbons (Fsp3) is 0.471. The monoisotopic (exact) mass is 382 g/mol. The third kappa shape index (κ3) is 4.60. The van der Waals surface area contributed by atoms with Crippen LogP contribution in [0, 0.1) is 0 Å². The summed E-state index contributed by atoms with van der Waals surface area (Å²) < 4.78 is 29.1. The van der Waals surface area contributed by atoms with Crippen LogP contribution in [-0.4, -0.2) is 69.4 Å². The van der Waals surface area contributed by atoms with Gasteiger partial charge in [-0.15, -0.1) is 0 Å². The molecular formula is C17H22N2O6S. The van der Waals surface area contributed by atoms with Gasteiger partial charge in [0.1, 0.15) is 5.75 Å². The number of piperidine rings is 1. The first kappa shape index (κ1) is 19.9. The predicted octanol–water partition coefficient (Wildman–Crippen LogP) is 0.239. The normalized spacial score (nSPS) is 15.4.